The van der Waals surface area contributed by atoms with Gasteiger partial charge in [-0.2, -0.15) is 5.10 Å². The molecule has 0 aliphatic carbocycles. The number of urea groups is 1. The molecule has 1 aromatic heterocycles. The summed E-state index contributed by atoms with van der Waals surface area (Å²) in [5, 5.41) is 10.5. The van der Waals surface area contributed by atoms with E-state index in [1.54, 1.807) is 49.0 Å². The predicted molar refractivity (Wildman–Crippen MR) is 162 cm³/mol. The quantitative estimate of drug-likeness (QED) is 0.219. The third-order valence-electron chi connectivity index (χ3n) is 6.22. The van der Waals surface area contributed by atoms with Crippen molar-refractivity contribution >= 4 is 29.4 Å². The fraction of sp³-hybridized carbons (Fsp3) is 0.250. The number of nitrogens with zero attached hydrogens (tertiary/aromatic N) is 3. The summed E-state index contributed by atoms with van der Waals surface area (Å²) in [4.78, 5) is 39.9. The second-order valence-electron chi connectivity index (χ2n) is 9.94. The van der Waals surface area contributed by atoms with Crippen LogP contribution in [0.25, 0.3) is 16.9 Å². The van der Waals surface area contributed by atoms with Gasteiger partial charge in [-0.15, -0.1) is 0 Å². The molecule has 10 nitrogen and oxygen atoms in total. The molecule has 4 rings (SSSR count). The van der Waals surface area contributed by atoms with E-state index in [9.17, 15) is 14.4 Å². The second-order valence-corrected chi connectivity index (χ2v) is 9.94. The fourth-order valence-corrected chi connectivity index (χ4v) is 4.26. The van der Waals surface area contributed by atoms with Crippen molar-refractivity contribution in [2.24, 2.45) is 5.92 Å². The van der Waals surface area contributed by atoms with Gasteiger partial charge in [-0.25, -0.2) is 14.3 Å². The van der Waals surface area contributed by atoms with E-state index in [4.69, 9.17) is 14.6 Å². The Hall–Kier alpha value is -5.12. The van der Waals surface area contributed by atoms with Crippen LogP contribution in [0.5, 0.6) is 5.75 Å². The molecular weight excluding hydrogens is 534 g/mol. The number of carbonyl (C=O) groups excluding carboxylic acids is 3. The molecule has 0 aliphatic rings. The highest BCUT2D eigenvalue weighted by Gasteiger charge is 2.21. The number of rotatable bonds is 11. The van der Waals surface area contributed by atoms with Crippen LogP contribution in [0.3, 0.4) is 0 Å². The van der Waals surface area contributed by atoms with Crippen molar-refractivity contribution in [1.29, 1.82) is 0 Å². The van der Waals surface area contributed by atoms with E-state index >= 15 is 0 Å². The van der Waals surface area contributed by atoms with Crippen molar-refractivity contribution in [3.63, 3.8) is 0 Å². The molecule has 0 fully saturated rings. The molecule has 0 saturated heterocycles. The minimum atomic E-state index is -0.434. The van der Waals surface area contributed by atoms with Crippen LogP contribution in [0.1, 0.15) is 31.1 Å². The molecule has 10 heteroatoms. The minimum absolute atomic E-state index is 0.115. The van der Waals surface area contributed by atoms with Gasteiger partial charge in [0.1, 0.15) is 18.1 Å². The first kappa shape index (κ1) is 29.9. The molecule has 2 N–H and O–H groups in total. The largest absolute Gasteiger partial charge is 0.497 e. The third-order valence-corrected chi connectivity index (χ3v) is 6.22. The van der Waals surface area contributed by atoms with E-state index < -0.39 is 12.0 Å². The number of benzene rings is 3. The van der Waals surface area contributed by atoms with E-state index in [0.717, 1.165) is 11.3 Å². The topological polar surface area (TPSA) is 115 Å². The van der Waals surface area contributed by atoms with E-state index in [1.165, 1.54) is 4.90 Å². The molecule has 0 saturated carbocycles. The average Bonchev–Trinajstić information content (AvgIpc) is 3.41. The molecule has 42 heavy (non-hydrogen) atoms. The molecule has 3 aromatic carbocycles. The maximum Gasteiger partial charge on any atom is 0.338 e. The molecule has 1 heterocycles. The Labute approximate surface area is 245 Å². The van der Waals surface area contributed by atoms with E-state index in [-0.39, 0.29) is 25.0 Å². The van der Waals surface area contributed by atoms with Gasteiger partial charge in [0.15, 0.2) is 0 Å². The maximum atomic E-state index is 13.3. The summed E-state index contributed by atoms with van der Waals surface area (Å²) in [7, 11) is 1.60. The first-order valence-electron chi connectivity index (χ1n) is 13.7. The Morgan fingerprint density at radius 3 is 2.24 bits per heavy atom. The van der Waals surface area contributed by atoms with Crippen LogP contribution in [0.15, 0.2) is 84.9 Å². The SMILES string of the molecule is CCOC(=O)c1ccc(NC(=O)N(CC(=O)Nc2cc(-c3ccccc3)nn2-c2ccc(OC)cc2)CC(C)C)cc1. The average molecular weight is 570 g/mol. The summed E-state index contributed by atoms with van der Waals surface area (Å²) < 4.78 is 11.9. The van der Waals surface area contributed by atoms with Crippen molar-refractivity contribution in [2.75, 3.05) is 37.4 Å². The second kappa shape index (κ2) is 14.0. The van der Waals surface area contributed by atoms with Gasteiger partial charge in [0.05, 0.1) is 30.7 Å². The monoisotopic (exact) mass is 569 g/mol. The fourth-order valence-electron chi connectivity index (χ4n) is 4.26. The van der Waals surface area contributed by atoms with E-state index in [0.29, 0.717) is 35.1 Å². The summed E-state index contributed by atoms with van der Waals surface area (Å²) in [5.74, 6) is 0.467. The van der Waals surface area contributed by atoms with Gasteiger partial charge in [-0.3, -0.25) is 4.79 Å². The van der Waals surface area contributed by atoms with Crippen LogP contribution in [0.2, 0.25) is 0 Å². The standard InChI is InChI=1S/C32H35N5O5/c1-5-42-31(39)24-11-13-25(14-12-24)33-32(40)36(20-22(2)3)21-30(38)34-29-19-28(23-9-7-6-8-10-23)35-37(29)26-15-17-27(41-4)18-16-26/h6-19,22H,5,20-21H2,1-4H3,(H,33,40)(H,34,38). The van der Waals surface area contributed by atoms with Gasteiger partial charge < -0.3 is 25.0 Å². The number of methoxy groups -OCH3 is 1. The number of carbonyl (C=O) groups is 3. The first-order chi connectivity index (χ1) is 20.3. The van der Waals surface area contributed by atoms with Crippen molar-refractivity contribution in [3.8, 4) is 22.7 Å². The lowest BCUT2D eigenvalue weighted by Gasteiger charge is -2.24. The minimum Gasteiger partial charge on any atom is -0.497 e. The number of hydrogen-bond acceptors (Lipinski definition) is 6. The summed E-state index contributed by atoms with van der Waals surface area (Å²) in [6.45, 7) is 6.13. The van der Waals surface area contributed by atoms with Crippen LogP contribution in [-0.2, 0) is 9.53 Å². The molecule has 0 atom stereocenters. The zero-order valence-electron chi connectivity index (χ0n) is 24.2. The molecule has 0 radical (unpaired) electrons. The van der Waals surface area contributed by atoms with Crippen molar-refractivity contribution in [1.82, 2.24) is 14.7 Å². The third kappa shape index (κ3) is 7.75. The van der Waals surface area contributed by atoms with Crippen LogP contribution in [0.4, 0.5) is 16.3 Å². The van der Waals surface area contributed by atoms with Crippen molar-refractivity contribution < 1.29 is 23.9 Å². The highest BCUT2D eigenvalue weighted by Crippen LogP contribution is 2.26. The van der Waals surface area contributed by atoms with Crippen molar-refractivity contribution in [3.05, 3.63) is 90.5 Å². The van der Waals surface area contributed by atoms with Crippen LogP contribution in [0, 0.1) is 5.92 Å². The molecule has 4 aromatic rings. The smallest absolute Gasteiger partial charge is 0.338 e. The first-order valence-corrected chi connectivity index (χ1v) is 13.7. The van der Waals surface area contributed by atoms with E-state index in [1.807, 2.05) is 68.4 Å². The van der Waals surface area contributed by atoms with Gasteiger partial charge in [0.2, 0.25) is 5.91 Å². The predicted octanol–water partition coefficient (Wildman–Crippen LogP) is 5.85. The van der Waals surface area contributed by atoms with Crippen LogP contribution < -0.4 is 15.4 Å². The molecule has 0 bridgehead atoms. The number of anilines is 2. The molecule has 0 unspecified atom stereocenters. The normalized spacial score (nSPS) is 10.7. The zero-order chi connectivity index (χ0) is 30.1. The van der Waals surface area contributed by atoms with Gasteiger partial charge in [0.25, 0.3) is 0 Å². The Balaban J connectivity index is 1.52. The van der Waals surface area contributed by atoms with Gasteiger partial charge in [0, 0.05) is 23.9 Å². The summed E-state index contributed by atoms with van der Waals surface area (Å²) in [6.07, 6.45) is 0. The Bertz CT molecular complexity index is 1500. The number of nitrogens with one attached hydrogen (secondary N) is 2. The molecule has 218 valence electrons. The number of amides is 3. The molecule has 3 amide bonds. The Morgan fingerprint density at radius 2 is 1.62 bits per heavy atom. The lowest BCUT2D eigenvalue weighted by Crippen LogP contribution is -2.42. The number of esters is 1. The maximum absolute atomic E-state index is 13.3. The number of hydrogen-bond donors (Lipinski definition) is 2. The lowest BCUT2D eigenvalue weighted by atomic mass is 10.1. The number of ether oxygens (including phenoxy) is 2. The summed E-state index contributed by atoms with van der Waals surface area (Å²) in [5.41, 5.74) is 3.19. The molecule has 0 aliphatic heterocycles. The number of aromatic nitrogens is 2. The summed E-state index contributed by atoms with van der Waals surface area (Å²) in [6, 6.07) is 24.8. The van der Waals surface area contributed by atoms with Crippen LogP contribution >= 0.6 is 0 Å². The molecular formula is C32H35N5O5. The van der Waals surface area contributed by atoms with E-state index in [2.05, 4.69) is 10.6 Å². The Kier molecular flexibility index (Phi) is 9.94. The Morgan fingerprint density at radius 1 is 0.929 bits per heavy atom. The zero-order valence-corrected chi connectivity index (χ0v) is 24.2. The summed E-state index contributed by atoms with van der Waals surface area (Å²) >= 11 is 0. The lowest BCUT2D eigenvalue weighted by molar-refractivity contribution is -0.116. The highest BCUT2D eigenvalue weighted by molar-refractivity contribution is 5.97. The van der Waals surface area contributed by atoms with Gasteiger partial charge in [-0.05, 0) is 61.4 Å². The molecule has 0 spiro atoms. The highest BCUT2D eigenvalue weighted by atomic mass is 16.5. The van der Waals surface area contributed by atoms with Gasteiger partial charge >= 0.3 is 12.0 Å². The van der Waals surface area contributed by atoms with Gasteiger partial charge in [-0.1, -0.05) is 44.2 Å². The van der Waals surface area contributed by atoms with Crippen LogP contribution in [-0.4, -0.2) is 59.4 Å². The van der Waals surface area contributed by atoms with Crippen molar-refractivity contribution in [2.45, 2.75) is 20.8 Å².